The van der Waals surface area contributed by atoms with Crippen molar-refractivity contribution in [2.75, 3.05) is 0 Å². The number of ether oxygens (including phenoxy) is 1. The first kappa shape index (κ1) is 20.1. The van der Waals surface area contributed by atoms with Crippen molar-refractivity contribution in [2.24, 2.45) is 17.3 Å². The van der Waals surface area contributed by atoms with Gasteiger partial charge in [0.05, 0.1) is 4.92 Å². The summed E-state index contributed by atoms with van der Waals surface area (Å²) in [5, 5.41) is 21.9. The predicted molar refractivity (Wildman–Crippen MR) is 118 cm³/mol. The number of benzene rings is 2. The molecule has 0 aliphatic heterocycles. The standard InChI is InChI=1S/C26H27NO4/c1-3-26(28)15-13-24-23-10-4-17-16-20(31-19-7-5-18(6-8-19)27(29)30)9-11-21(17)22(23)12-14-25(24,26)2/h1,5-9,11,16,22-24,28H,4,10,12-15H2,2H3/t22-,23-,24+,25-,26+/m1/s1. The van der Waals surface area contributed by atoms with E-state index in [-0.39, 0.29) is 11.1 Å². The molecule has 0 radical (unpaired) electrons. The summed E-state index contributed by atoms with van der Waals surface area (Å²) in [6.45, 7) is 2.21. The van der Waals surface area contributed by atoms with Gasteiger partial charge in [0.15, 0.2) is 0 Å². The Hall–Kier alpha value is -2.84. The minimum absolute atomic E-state index is 0.0526. The van der Waals surface area contributed by atoms with Gasteiger partial charge in [-0.2, -0.15) is 0 Å². The maximum atomic E-state index is 11.1. The molecule has 5 heteroatoms. The van der Waals surface area contributed by atoms with E-state index in [1.54, 1.807) is 12.1 Å². The molecule has 5 nitrogen and oxygen atoms in total. The Kier molecular flexibility index (Phi) is 4.60. The third-order valence-corrected chi connectivity index (χ3v) is 8.37. The Balaban J connectivity index is 1.37. The Morgan fingerprint density at radius 3 is 2.58 bits per heavy atom. The van der Waals surface area contributed by atoms with Gasteiger partial charge in [-0.05, 0) is 91.7 Å². The molecule has 160 valence electrons. The second-order valence-corrected chi connectivity index (χ2v) is 9.63. The third kappa shape index (κ3) is 3.04. The molecular formula is C26H27NO4. The van der Waals surface area contributed by atoms with E-state index in [1.807, 2.05) is 6.07 Å². The van der Waals surface area contributed by atoms with Gasteiger partial charge in [-0.1, -0.05) is 18.9 Å². The van der Waals surface area contributed by atoms with Crippen molar-refractivity contribution in [1.29, 1.82) is 0 Å². The van der Waals surface area contributed by atoms with Gasteiger partial charge in [0.2, 0.25) is 0 Å². The number of nitro benzene ring substituents is 1. The smallest absolute Gasteiger partial charge is 0.269 e. The third-order valence-electron chi connectivity index (χ3n) is 8.37. The number of non-ortho nitro benzene ring substituents is 1. The lowest BCUT2D eigenvalue weighted by Crippen LogP contribution is -2.50. The number of aryl methyl sites for hydroxylation is 1. The molecule has 0 saturated heterocycles. The van der Waals surface area contributed by atoms with Gasteiger partial charge in [-0.3, -0.25) is 10.1 Å². The number of nitro groups is 1. The van der Waals surface area contributed by atoms with Crippen LogP contribution in [0.1, 0.15) is 56.1 Å². The van der Waals surface area contributed by atoms with Crippen molar-refractivity contribution in [3.8, 4) is 23.8 Å². The molecule has 0 heterocycles. The zero-order valence-corrected chi connectivity index (χ0v) is 17.7. The highest BCUT2D eigenvalue weighted by atomic mass is 16.6. The Bertz CT molecular complexity index is 1070. The summed E-state index contributed by atoms with van der Waals surface area (Å²) in [6.07, 6.45) is 11.6. The number of terminal acetylenes is 1. The molecule has 31 heavy (non-hydrogen) atoms. The van der Waals surface area contributed by atoms with Crippen molar-refractivity contribution < 1.29 is 14.8 Å². The summed E-state index contributed by atoms with van der Waals surface area (Å²) in [6, 6.07) is 12.5. The van der Waals surface area contributed by atoms with Crippen molar-refractivity contribution in [3.63, 3.8) is 0 Å². The molecule has 5 rings (SSSR count). The first-order chi connectivity index (χ1) is 14.8. The summed E-state index contributed by atoms with van der Waals surface area (Å²) < 4.78 is 5.96. The first-order valence-corrected chi connectivity index (χ1v) is 11.1. The van der Waals surface area contributed by atoms with E-state index in [0.29, 0.717) is 29.9 Å². The fourth-order valence-electron chi connectivity index (χ4n) is 6.65. The highest BCUT2D eigenvalue weighted by molar-refractivity contribution is 5.44. The fraction of sp³-hybridized carbons (Fsp3) is 0.462. The molecule has 0 bridgehead atoms. The van der Waals surface area contributed by atoms with Gasteiger partial charge in [0, 0.05) is 17.5 Å². The van der Waals surface area contributed by atoms with Gasteiger partial charge in [0.1, 0.15) is 17.1 Å². The lowest BCUT2D eigenvalue weighted by atomic mass is 9.53. The van der Waals surface area contributed by atoms with Gasteiger partial charge in [0.25, 0.3) is 5.69 Å². The SMILES string of the molecule is C#C[C@]1(O)CC[C@H]2[C@@H]3CCc4cc(Oc5ccc([N+](=O)[O-])cc5)ccc4[C@H]3CC[C@]21C. The van der Waals surface area contributed by atoms with E-state index < -0.39 is 10.5 Å². The van der Waals surface area contributed by atoms with E-state index >= 15 is 0 Å². The van der Waals surface area contributed by atoms with E-state index in [2.05, 4.69) is 25.0 Å². The van der Waals surface area contributed by atoms with Crippen LogP contribution in [0, 0.1) is 39.7 Å². The lowest BCUT2D eigenvalue weighted by Gasteiger charge is -2.52. The van der Waals surface area contributed by atoms with E-state index in [9.17, 15) is 15.2 Å². The number of rotatable bonds is 3. The molecule has 2 saturated carbocycles. The quantitative estimate of drug-likeness (QED) is 0.400. The van der Waals surface area contributed by atoms with Crippen LogP contribution >= 0.6 is 0 Å². The van der Waals surface area contributed by atoms with Gasteiger partial charge < -0.3 is 9.84 Å². The minimum atomic E-state index is -0.967. The topological polar surface area (TPSA) is 72.6 Å². The maximum Gasteiger partial charge on any atom is 0.269 e. The predicted octanol–water partition coefficient (Wildman–Crippen LogP) is 5.61. The minimum Gasteiger partial charge on any atom is -0.457 e. The Labute approximate surface area is 182 Å². The highest BCUT2D eigenvalue weighted by Crippen LogP contribution is 2.64. The molecule has 0 unspecified atom stereocenters. The number of hydrogen-bond acceptors (Lipinski definition) is 4. The van der Waals surface area contributed by atoms with Gasteiger partial charge >= 0.3 is 0 Å². The average Bonchev–Trinajstić information content (AvgIpc) is 3.05. The fourth-order valence-corrected chi connectivity index (χ4v) is 6.65. The molecule has 0 spiro atoms. The molecule has 0 amide bonds. The zero-order valence-electron chi connectivity index (χ0n) is 17.7. The lowest BCUT2D eigenvalue weighted by molar-refractivity contribution is -0.384. The monoisotopic (exact) mass is 417 g/mol. The normalized spacial score (nSPS) is 33.5. The highest BCUT2D eigenvalue weighted by Gasteiger charge is 2.61. The maximum absolute atomic E-state index is 11.1. The zero-order chi connectivity index (χ0) is 21.8. The summed E-state index contributed by atoms with van der Waals surface area (Å²) in [4.78, 5) is 10.4. The molecule has 0 aromatic heterocycles. The van der Waals surface area contributed by atoms with Crippen LogP contribution in [0.3, 0.4) is 0 Å². The van der Waals surface area contributed by atoms with Gasteiger partial charge in [-0.15, -0.1) is 6.42 Å². The summed E-state index contributed by atoms with van der Waals surface area (Å²) in [7, 11) is 0. The molecule has 2 aromatic rings. The van der Waals surface area contributed by atoms with E-state index in [1.165, 1.54) is 23.3 Å². The van der Waals surface area contributed by atoms with Crippen LogP contribution in [0.5, 0.6) is 11.5 Å². The summed E-state index contributed by atoms with van der Waals surface area (Å²) in [5.74, 6) is 5.63. The molecule has 1 N–H and O–H groups in total. The molecule has 3 aliphatic rings. The number of fused-ring (bicyclic) bond motifs is 5. The Morgan fingerprint density at radius 1 is 1.13 bits per heavy atom. The number of nitrogens with zero attached hydrogens (tertiary/aromatic N) is 1. The van der Waals surface area contributed by atoms with Crippen molar-refractivity contribution in [3.05, 3.63) is 63.7 Å². The molecule has 3 aliphatic carbocycles. The van der Waals surface area contributed by atoms with Crippen LogP contribution in [0.4, 0.5) is 5.69 Å². The van der Waals surface area contributed by atoms with Crippen molar-refractivity contribution in [2.45, 2.75) is 57.0 Å². The van der Waals surface area contributed by atoms with E-state index in [0.717, 1.165) is 37.9 Å². The average molecular weight is 418 g/mol. The molecular weight excluding hydrogens is 390 g/mol. The molecule has 2 fully saturated rings. The van der Waals surface area contributed by atoms with Crippen molar-refractivity contribution >= 4 is 5.69 Å². The van der Waals surface area contributed by atoms with Crippen LogP contribution in [-0.4, -0.2) is 15.6 Å². The largest absolute Gasteiger partial charge is 0.457 e. The second-order valence-electron chi connectivity index (χ2n) is 9.63. The molecule has 2 aromatic carbocycles. The van der Waals surface area contributed by atoms with E-state index in [4.69, 9.17) is 11.2 Å². The second kappa shape index (κ2) is 7.10. The van der Waals surface area contributed by atoms with Crippen LogP contribution in [0.25, 0.3) is 0 Å². The number of aliphatic hydroxyl groups is 1. The van der Waals surface area contributed by atoms with Gasteiger partial charge in [-0.25, -0.2) is 0 Å². The van der Waals surface area contributed by atoms with Crippen molar-refractivity contribution in [1.82, 2.24) is 0 Å². The number of hydrogen-bond donors (Lipinski definition) is 1. The molecule has 5 atom stereocenters. The summed E-state index contributed by atoms with van der Waals surface area (Å²) in [5.41, 5.74) is 1.64. The van der Waals surface area contributed by atoms with Crippen LogP contribution in [-0.2, 0) is 6.42 Å². The van der Waals surface area contributed by atoms with Crippen LogP contribution in [0.2, 0.25) is 0 Å². The first-order valence-electron chi connectivity index (χ1n) is 11.1. The Morgan fingerprint density at radius 2 is 1.87 bits per heavy atom. The summed E-state index contributed by atoms with van der Waals surface area (Å²) >= 11 is 0. The van der Waals surface area contributed by atoms with Crippen LogP contribution < -0.4 is 4.74 Å². The van der Waals surface area contributed by atoms with Crippen LogP contribution in [0.15, 0.2) is 42.5 Å².